The number of nitrogens with zero attached hydrogens (tertiary/aromatic N) is 6. The van der Waals surface area contributed by atoms with Crippen LogP contribution in [0.2, 0.25) is 0 Å². The molecule has 4 unspecified atom stereocenters. The molecular weight excluding hydrogens is 977 g/mol. The number of nitrogens with one attached hydrogen (secondary N) is 2. The second kappa shape index (κ2) is 24.7. The van der Waals surface area contributed by atoms with Crippen LogP contribution in [0.15, 0.2) is 92.4 Å². The lowest BCUT2D eigenvalue weighted by molar-refractivity contribution is 0.283. The van der Waals surface area contributed by atoms with E-state index in [1.807, 2.05) is 47.0 Å². The standard InChI is InChI=1S/C56H66N8O4S4/c1-5-33(13-9-25-65)69-37-17-21-41-45(29-37)53-57-49(41)62-54-47-31-39(71-35(7-3)15-11-27-67)19-23-43(47)51(59-54)64-56-48-32-40(72-36(8-4)16-12-28-68)20-24-44(48)52(60-56)63-55-46-30-38(70-34(6-2)14-10-26-66)18-22-42(46)50(58-55)61-53/h17-24,29-36,65-68H,5-16,25-28H2,1-4H3,(H2,57,58,59,60,61,62,63,64). The van der Waals surface area contributed by atoms with E-state index in [2.05, 4.69) is 110 Å². The fourth-order valence-corrected chi connectivity index (χ4v) is 14.1. The van der Waals surface area contributed by atoms with E-state index in [0.29, 0.717) is 66.9 Å². The van der Waals surface area contributed by atoms with Gasteiger partial charge in [0.15, 0.2) is 23.3 Å². The summed E-state index contributed by atoms with van der Waals surface area (Å²) in [5, 5.41) is 43.7. The number of H-pyrrole nitrogens is 2. The first-order chi connectivity index (χ1) is 35.3. The molecule has 7 aromatic rings. The van der Waals surface area contributed by atoms with Gasteiger partial charge in [0.25, 0.3) is 0 Å². The van der Waals surface area contributed by atoms with Gasteiger partial charge in [-0.2, -0.15) is 0 Å². The maximum atomic E-state index is 9.66. The van der Waals surface area contributed by atoms with Gasteiger partial charge in [0.2, 0.25) is 0 Å². The molecule has 0 fully saturated rings. The lowest BCUT2D eigenvalue weighted by Crippen LogP contribution is -2.02. The molecule has 0 radical (unpaired) electrons. The zero-order valence-corrected chi connectivity index (χ0v) is 44.9. The third kappa shape index (κ3) is 11.9. The number of rotatable bonds is 24. The van der Waals surface area contributed by atoms with Gasteiger partial charge in [-0.1, -0.05) is 27.7 Å². The van der Waals surface area contributed by atoms with Crippen LogP contribution in [-0.2, 0) is 0 Å². The van der Waals surface area contributed by atoms with Crippen LogP contribution in [-0.4, -0.2) is 108 Å². The molecule has 2 aliphatic heterocycles. The smallest absolute Gasteiger partial charge is 0.164 e. The Hall–Kier alpha value is -4.52. The molecule has 0 spiro atoms. The molecule has 4 aromatic carbocycles. The largest absolute Gasteiger partial charge is 0.396 e. The molecule has 9 rings (SSSR count). The minimum Gasteiger partial charge on any atom is -0.396 e. The Balaban J connectivity index is 1.31. The molecule has 0 saturated carbocycles. The number of aliphatic hydroxyl groups excluding tert-OH is 4. The van der Waals surface area contributed by atoms with Crippen LogP contribution >= 0.6 is 47.0 Å². The van der Waals surface area contributed by atoms with Gasteiger partial charge >= 0.3 is 0 Å². The summed E-state index contributed by atoms with van der Waals surface area (Å²) in [5.74, 6) is 2.18. The van der Waals surface area contributed by atoms with Crippen molar-refractivity contribution in [1.82, 2.24) is 39.9 Å². The first kappa shape index (κ1) is 52.3. The molecule has 0 aliphatic carbocycles. The number of aliphatic hydroxyl groups is 4. The second-order valence-electron chi connectivity index (χ2n) is 18.5. The number of aromatic nitrogens is 8. The monoisotopic (exact) mass is 1040 g/mol. The SMILES string of the molecule is CCC(CCCO)Sc1ccc2c(c1)-c1nc-2nc2[nH]c(nc3nc(nc4[nH]c(n1)c1ccc(SC(CC)CCCO)cc41)-c1ccc(SC(CC)CCCO)cc1-3)c1ccc(SC(CC)CCCO)cc21. The summed E-state index contributed by atoms with van der Waals surface area (Å²) in [7, 11) is 0. The van der Waals surface area contributed by atoms with Gasteiger partial charge in [0.05, 0.1) is 0 Å². The molecule has 6 N–H and O–H groups in total. The van der Waals surface area contributed by atoms with Crippen LogP contribution in [0, 0.1) is 0 Å². The number of benzene rings is 4. The first-order valence-electron chi connectivity index (χ1n) is 25.8. The summed E-state index contributed by atoms with van der Waals surface area (Å²) in [5.41, 5.74) is 6.06. The highest BCUT2D eigenvalue weighted by molar-refractivity contribution is 8.00. The lowest BCUT2D eigenvalue weighted by Gasteiger charge is -2.14. The van der Waals surface area contributed by atoms with E-state index in [0.717, 1.165) is 140 Å². The molecule has 12 nitrogen and oxygen atoms in total. The Morgan fingerprint density at radius 3 is 0.972 bits per heavy atom. The molecule has 72 heavy (non-hydrogen) atoms. The van der Waals surface area contributed by atoms with Gasteiger partial charge in [-0.25, -0.2) is 29.9 Å². The third-order valence-corrected chi connectivity index (χ3v) is 19.2. The number of fused-ring (bicyclic) bond motifs is 20. The van der Waals surface area contributed by atoms with Crippen LogP contribution in [0.4, 0.5) is 0 Å². The van der Waals surface area contributed by atoms with Crippen molar-refractivity contribution in [3.8, 4) is 45.6 Å². The van der Waals surface area contributed by atoms with E-state index in [-0.39, 0.29) is 26.4 Å². The van der Waals surface area contributed by atoms with Crippen LogP contribution in [0.5, 0.6) is 0 Å². The predicted octanol–water partition coefficient (Wildman–Crippen LogP) is 13.4. The fraction of sp³-hybridized carbons (Fsp3) is 0.429. The van der Waals surface area contributed by atoms with Crippen molar-refractivity contribution in [2.75, 3.05) is 26.4 Å². The highest BCUT2D eigenvalue weighted by Crippen LogP contribution is 2.43. The Labute approximate surface area is 439 Å². The highest BCUT2D eigenvalue weighted by Gasteiger charge is 2.25. The molecule has 3 aromatic heterocycles. The van der Waals surface area contributed by atoms with Gasteiger partial charge in [0.1, 0.15) is 22.6 Å². The van der Waals surface area contributed by atoms with E-state index < -0.39 is 0 Å². The molecule has 378 valence electrons. The first-order valence-corrected chi connectivity index (χ1v) is 29.3. The van der Waals surface area contributed by atoms with Crippen LogP contribution < -0.4 is 0 Å². The zero-order chi connectivity index (χ0) is 50.1. The maximum Gasteiger partial charge on any atom is 0.164 e. The lowest BCUT2D eigenvalue weighted by atomic mass is 10.1. The Morgan fingerprint density at radius 2 is 0.653 bits per heavy atom. The van der Waals surface area contributed by atoms with Crippen LogP contribution in [0.25, 0.3) is 89.7 Å². The van der Waals surface area contributed by atoms with Gasteiger partial charge in [-0.15, -0.1) is 47.0 Å². The van der Waals surface area contributed by atoms with Gasteiger partial charge < -0.3 is 30.4 Å². The highest BCUT2D eigenvalue weighted by atomic mass is 32.2. The Morgan fingerprint density at radius 1 is 0.361 bits per heavy atom. The number of thioether (sulfide) groups is 4. The van der Waals surface area contributed by atoms with E-state index in [1.54, 1.807) is 0 Å². The summed E-state index contributed by atoms with van der Waals surface area (Å²) in [6, 6.07) is 25.9. The Bertz CT molecular complexity index is 2970. The number of hydrogen-bond acceptors (Lipinski definition) is 14. The molecule has 2 aliphatic rings. The molecule has 5 heterocycles. The van der Waals surface area contributed by atoms with Crippen molar-refractivity contribution in [1.29, 1.82) is 0 Å². The topological polar surface area (TPSA) is 190 Å². The molecule has 0 saturated heterocycles. The third-order valence-electron chi connectivity index (χ3n) is 13.5. The van der Waals surface area contributed by atoms with Crippen LogP contribution in [0.3, 0.4) is 0 Å². The molecular formula is C56H66N8O4S4. The van der Waals surface area contributed by atoms with Gasteiger partial charge in [0, 0.05) is 111 Å². The van der Waals surface area contributed by atoms with Crippen molar-refractivity contribution >= 4 is 91.2 Å². The van der Waals surface area contributed by atoms with Crippen LogP contribution in [0.1, 0.15) is 105 Å². The minimum absolute atomic E-state index is 0.176. The van der Waals surface area contributed by atoms with Crippen molar-refractivity contribution in [3.63, 3.8) is 0 Å². The summed E-state index contributed by atoms with van der Waals surface area (Å²) in [6.07, 6.45) is 10.6. The van der Waals surface area contributed by atoms with Crippen molar-refractivity contribution < 1.29 is 20.4 Å². The van der Waals surface area contributed by atoms with E-state index in [9.17, 15) is 20.4 Å². The maximum absolute atomic E-state index is 9.66. The summed E-state index contributed by atoms with van der Waals surface area (Å²) in [4.78, 5) is 43.8. The van der Waals surface area contributed by atoms with E-state index >= 15 is 0 Å². The summed E-state index contributed by atoms with van der Waals surface area (Å²) < 4.78 is 0. The average molecular weight is 1040 g/mol. The molecule has 0 amide bonds. The van der Waals surface area contributed by atoms with Crippen molar-refractivity contribution in [3.05, 3.63) is 72.8 Å². The average Bonchev–Trinajstić information content (AvgIpc) is 4.13. The van der Waals surface area contributed by atoms with Crippen molar-refractivity contribution in [2.24, 2.45) is 0 Å². The van der Waals surface area contributed by atoms with E-state index in [1.165, 1.54) is 0 Å². The number of aromatic amines is 2. The quantitative estimate of drug-likeness (QED) is 0.0314. The summed E-state index contributed by atoms with van der Waals surface area (Å²) >= 11 is 7.30. The van der Waals surface area contributed by atoms with E-state index in [4.69, 9.17) is 29.9 Å². The molecule has 4 atom stereocenters. The van der Waals surface area contributed by atoms with Gasteiger partial charge in [-0.05, 0) is 150 Å². The molecule has 16 heteroatoms. The second-order valence-corrected chi connectivity index (χ2v) is 24.0. The Kier molecular flexibility index (Phi) is 17.9. The molecule has 8 bridgehead atoms. The van der Waals surface area contributed by atoms with Gasteiger partial charge in [-0.3, -0.25) is 0 Å². The normalized spacial score (nSPS) is 13.9. The number of hydrogen-bond donors (Lipinski definition) is 6. The zero-order valence-electron chi connectivity index (χ0n) is 41.7. The van der Waals surface area contributed by atoms with Crippen molar-refractivity contribution in [2.45, 2.75) is 145 Å². The minimum atomic E-state index is 0.176. The fourth-order valence-electron chi connectivity index (χ4n) is 9.44. The predicted molar refractivity (Wildman–Crippen MR) is 301 cm³/mol. The summed E-state index contributed by atoms with van der Waals surface area (Å²) in [6.45, 7) is 9.50.